The smallest absolute Gasteiger partial charge is 0.312 e. The van der Waals surface area contributed by atoms with E-state index in [2.05, 4.69) is 23.5 Å². The predicted octanol–water partition coefficient (Wildman–Crippen LogP) is 3.86. The maximum Gasteiger partial charge on any atom is 0.312 e. The van der Waals surface area contributed by atoms with Gasteiger partial charge in [-0.25, -0.2) is 0 Å². The van der Waals surface area contributed by atoms with Crippen LogP contribution in [-0.4, -0.2) is 23.7 Å². The van der Waals surface area contributed by atoms with Gasteiger partial charge in [0.1, 0.15) is 5.92 Å². The normalized spacial score (nSPS) is 18.0. The maximum absolute atomic E-state index is 11.7. The number of benzene rings is 2. The van der Waals surface area contributed by atoms with Crippen LogP contribution >= 0.6 is 12.4 Å². The van der Waals surface area contributed by atoms with Gasteiger partial charge in [-0.2, -0.15) is 0 Å². The molecule has 0 fully saturated rings. The number of rotatable bonds is 4. The number of nitrogens with one attached hydrogen (secondary N) is 1. The molecule has 120 valence electrons. The van der Waals surface area contributed by atoms with Gasteiger partial charge in [-0.3, -0.25) is 4.79 Å². The standard InChI is InChI=1S/C19H19NO2.ClH/c21-19(22)18(17-8-4-5-13-20-17)16-11-9-15(10-12-16)14-6-2-1-3-7-14;/h1-4,6-12,17-18,20H,5,13H2,(H,21,22);1H/t17-,18+;/m1./s1. The monoisotopic (exact) mass is 329 g/mol. The molecule has 4 heteroatoms. The third-order valence-electron chi connectivity index (χ3n) is 4.04. The van der Waals surface area contributed by atoms with Crippen LogP contribution < -0.4 is 5.32 Å². The van der Waals surface area contributed by atoms with Crippen LogP contribution in [0.15, 0.2) is 66.7 Å². The molecule has 2 atom stereocenters. The Balaban J connectivity index is 0.00000192. The molecule has 0 unspecified atom stereocenters. The fourth-order valence-electron chi connectivity index (χ4n) is 2.89. The van der Waals surface area contributed by atoms with Crippen molar-refractivity contribution >= 4 is 18.4 Å². The minimum absolute atomic E-state index is 0. The molecule has 2 aromatic rings. The number of carbonyl (C=O) groups is 1. The average Bonchev–Trinajstić information content (AvgIpc) is 2.57. The van der Waals surface area contributed by atoms with Crippen molar-refractivity contribution in [2.24, 2.45) is 0 Å². The Morgan fingerprint density at radius 1 is 1.04 bits per heavy atom. The first-order valence-corrected chi connectivity index (χ1v) is 7.54. The van der Waals surface area contributed by atoms with E-state index in [1.165, 1.54) is 0 Å². The van der Waals surface area contributed by atoms with Gasteiger partial charge in [0.05, 0.1) is 0 Å². The summed E-state index contributed by atoms with van der Waals surface area (Å²) in [5.74, 6) is -1.35. The van der Waals surface area contributed by atoms with Crippen molar-refractivity contribution in [1.29, 1.82) is 0 Å². The second kappa shape index (κ2) is 7.95. The van der Waals surface area contributed by atoms with Gasteiger partial charge >= 0.3 is 5.97 Å². The average molecular weight is 330 g/mol. The third kappa shape index (κ3) is 4.01. The van der Waals surface area contributed by atoms with Crippen LogP contribution in [-0.2, 0) is 4.79 Å². The minimum Gasteiger partial charge on any atom is -0.481 e. The highest BCUT2D eigenvalue weighted by atomic mass is 35.5. The van der Waals surface area contributed by atoms with Crippen LogP contribution in [0.4, 0.5) is 0 Å². The minimum atomic E-state index is -0.795. The van der Waals surface area contributed by atoms with Gasteiger partial charge in [-0.1, -0.05) is 66.7 Å². The first-order valence-electron chi connectivity index (χ1n) is 7.54. The molecule has 0 radical (unpaired) electrons. The molecule has 0 aliphatic carbocycles. The topological polar surface area (TPSA) is 49.3 Å². The van der Waals surface area contributed by atoms with Gasteiger partial charge in [-0.15, -0.1) is 12.4 Å². The number of hydrogen-bond acceptors (Lipinski definition) is 2. The zero-order chi connectivity index (χ0) is 15.4. The molecule has 1 aliphatic rings. The van der Waals surface area contributed by atoms with E-state index in [0.29, 0.717) is 0 Å². The molecule has 1 heterocycles. The second-order valence-corrected chi connectivity index (χ2v) is 5.50. The largest absolute Gasteiger partial charge is 0.481 e. The van der Waals surface area contributed by atoms with Gasteiger partial charge in [0.2, 0.25) is 0 Å². The molecule has 2 N–H and O–H groups in total. The number of carboxylic acid groups (broad SMARTS) is 1. The van der Waals surface area contributed by atoms with Gasteiger partial charge in [0.25, 0.3) is 0 Å². The van der Waals surface area contributed by atoms with E-state index in [-0.39, 0.29) is 18.4 Å². The molecular formula is C19H20ClNO2. The van der Waals surface area contributed by atoms with Crippen LogP contribution in [0.2, 0.25) is 0 Å². The highest BCUT2D eigenvalue weighted by Crippen LogP contribution is 2.26. The van der Waals surface area contributed by atoms with E-state index in [9.17, 15) is 9.90 Å². The third-order valence-corrected chi connectivity index (χ3v) is 4.04. The molecule has 0 spiro atoms. The first kappa shape index (κ1) is 17.3. The molecule has 2 aromatic carbocycles. The Kier molecular flexibility index (Phi) is 5.97. The van der Waals surface area contributed by atoms with Crippen LogP contribution in [0.25, 0.3) is 11.1 Å². The zero-order valence-corrected chi connectivity index (χ0v) is 13.5. The summed E-state index contributed by atoms with van der Waals surface area (Å²) in [4.78, 5) is 11.7. The van der Waals surface area contributed by atoms with Crippen molar-refractivity contribution in [3.8, 4) is 11.1 Å². The van der Waals surface area contributed by atoms with Gasteiger partial charge in [-0.05, 0) is 29.7 Å². The second-order valence-electron chi connectivity index (χ2n) is 5.50. The van der Waals surface area contributed by atoms with E-state index < -0.39 is 11.9 Å². The van der Waals surface area contributed by atoms with Gasteiger partial charge in [0.15, 0.2) is 0 Å². The molecule has 0 amide bonds. The summed E-state index contributed by atoms with van der Waals surface area (Å²) < 4.78 is 0. The van der Waals surface area contributed by atoms with Gasteiger partial charge < -0.3 is 10.4 Å². The lowest BCUT2D eigenvalue weighted by Gasteiger charge is -2.25. The summed E-state index contributed by atoms with van der Waals surface area (Å²) in [5.41, 5.74) is 3.06. The number of carboxylic acids is 1. The van der Waals surface area contributed by atoms with Crippen molar-refractivity contribution < 1.29 is 9.90 Å². The maximum atomic E-state index is 11.7. The summed E-state index contributed by atoms with van der Waals surface area (Å²) in [6.07, 6.45) is 4.97. The summed E-state index contributed by atoms with van der Waals surface area (Å²) in [6.45, 7) is 0.826. The Hall–Kier alpha value is -2.10. The quantitative estimate of drug-likeness (QED) is 0.837. The van der Waals surface area contributed by atoms with E-state index in [4.69, 9.17) is 0 Å². The van der Waals surface area contributed by atoms with Crippen LogP contribution in [0.3, 0.4) is 0 Å². The van der Waals surface area contributed by atoms with Crippen LogP contribution in [0, 0.1) is 0 Å². The number of hydrogen-bond donors (Lipinski definition) is 2. The summed E-state index contributed by atoms with van der Waals surface area (Å²) in [7, 11) is 0. The summed E-state index contributed by atoms with van der Waals surface area (Å²) in [5, 5.41) is 12.9. The molecule has 0 saturated heterocycles. The molecule has 1 aliphatic heterocycles. The van der Waals surface area contributed by atoms with E-state index in [1.54, 1.807) is 0 Å². The summed E-state index contributed by atoms with van der Waals surface area (Å²) in [6, 6.07) is 17.8. The lowest BCUT2D eigenvalue weighted by molar-refractivity contribution is -0.139. The number of aliphatic carboxylic acids is 1. The van der Waals surface area contributed by atoms with E-state index >= 15 is 0 Å². The lowest BCUT2D eigenvalue weighted by Crippen LogP contribution is -2.39. The van der Waals surface area contributed by atoms with E-state index in [1.807, 2.05) is 48.5 Å². The molecule has 0 aromatic heterocycles. The predicted molar refractivity (Wildman–Crippen MR) is 95.1 cm³/mol. The van der Waals surface area contributed by atoms with Crippen molar-refractivity contribution in [1.82, 2.24) is 5.32 Å². The molecule has 0 bridgehead atoms. The zero-order valence-electron chi connectivity index (χ0n) is 12.7. The Morgan fingerprint density at radius 2 is 1.70 bits per heavy atom. The summed E-state index contributed by atoms with van der Waals surface area (Å²) >= 11 is 0. The Bertz CT molecular complexity index is 668. The van der Waals surface area contributed by atoms with Gasteiger partial charge in [0, 0.05) is 6.04 Å². The highest BCUT2D eigenvalue weighted by molar-refractivity contribution is 5.85. The van der Waals surface area contributed by atoms with Crippen LogP contribution in [0.5, 0.6) is 0 Å². The lowest BCUT2D eigenvalue weighted by atomic mass is 9.89. The van der Waals surface area contributed by atoms with Crippen molar-refractivity contribution in [2.45, 2.75) is 18.4 Å². The molecule has 0 saturated carbocycles. The Labute approximate surface area is 142 Å². The van der Waals surface area contributed by atoms with Crippen molar-refractivity contribution in [3.05, 3.63) is 72.3 Å². The Morgan fingerprint density at radius 3 is 2.26 bits per heavy atom. The van der Waals surface area contributed by atoms with Crippen molar-refractivity contribution in [2.75, 3.05) is 6.54 Å². The molecular weight excluding hydrogens is 310 g/mol. The van der Waals surface area contributed by atoms with Crippen molar-refractivity contribution in [3.63, 3.8) is 0 Å². The molecule has 23 heavy (non-hydrogen) atoms. The van der Waals surface area contributed by atoms with E-state index in [0.717, 1.165) is 29.7 Å². The molecule has 3 rings (SSSR count). The molecule has 3 nitrogen and oxygen atoms in total. The SMILES string of the molecule is Cl.O=C(O)[C@@H](c1ccc(-c2ccccc2)cc1)[C@H]1C=CCCN1. The first-order chi connectivity index (χ1) is 10.8. The van der Waals surface area contributed by atoms with Crippen LogP contribution in [0.1, 0.15) is 17.9 Å². The highest BCUT2D eigenvalue weighted by Gasteiger charge is 2.28. The fraction of sp³-hybridized carbons (Fsp3) is 0.211. The number of halogens is 1. The fourth-order valence-corrected chi connectivity index (χ4v) is 2.89.